The molecule has 1 rings (SSSR count). The molecule has 0 aromatic rings. The highest BCUT2D eigenvalue weighted by Crippen LogP contribution is 2.12. The first-order valence-corrected chi connectivity index (χ1v) is 2.84. The minimum atomic E-state index is 0.685. The van der Waals surface area contributed by atoms with Gasteiger partial charge in [0.25, 0.3) is 0 Å². The fraction of sp³-hybridized carbons (Fsp3) is 0.750. The molecule has 0 bridgehead atoms. The lowest BCUT2D eigenvalue weighted by atomic mass is 10.5. The highest BCUT2D eigenvalue weighted by Gasteiger charge is 2.03. The number of hydrogen-bond acceptors (Lipinski definition) is 2. The van der Waals surface area contributed by atoms with E-state index in [1.54, 1.807) is 11.8 Å². The molecular formula is C4H6NS. The molecule has 0 N–H and O–H groups in total. The van der Waals surface area contributed by atoms with Gasteiger partial charge < -0.3 is 0 Å². The van der Waals surface area contributed by atoms with Gasteiger partial charge in [-0.25, -0.2) is 0 Å². The summed E-state index contributed by atoms with van der Waals surface area (Å²) in [5.41, 5.74) is 2.81. The van der Waals surface area contributed by atoms with Crippen molar-refractivity contribution in [2.45, 2.75) is 12.2 Å². The summed E-state index contributed by atoms with van der Waals surface area (Å²) in [5.74, 6) is 0. The average molecular weight is 100 g/mol. The number of rotatable bonds is 0. The van der Waals surface area contributed by atoms with Crippen LogP contribution in [0.1, 0.15) is 6.92 Å². The van der Waals surface area contributed by atoms with E-state index < -0.39 is 0 Å². The number of nitrogens with zero attached hydrogens (tertiary/aromatic N) is 1. The fourth-order valence-corrected chi connectivity index (χ4v) is 0.808. The van der Waals surface area contributed by atoms with Gasteiger partial charge >= 0.3 is 0 Å². The van der Waals surface area contributed by atoms with Crippen LogP contribution in [-0.4, -0.2) is 17.3 Å². The van der Waals surface area contributed by atoms with Crippen molar-refractivity contribution >= 4 is 17.3 Å². The molecule has 1 aliphatic rings. The summed E-state index contributed by atoms with van der Waals surface area (Å²) in [7, 11) is 0. The van der Waals surface area contributed by atoms with Gasteiger partial charge in [-0.3, -0.25) is 4.99 Å². The predicted octanol–water partition coefficient (Wildman–Crippen LogP) is 1.03. The van der Waals surface area contributed by atoms with Crippen LogP contribution < -0.4 is 0 Å². The van der Waals surface area contributed by atoms with Crippen molar-refractivity contribution in [1.29, 1.82) is 0 Å². The van der Waals surface area contributed by atoms with Crippen molar-refractivity contribution in [1.82, 2.24) is 0 Å². The molecule has 0 spiro atoms. The standard InChI is InChI=1S/C4H6NS/c1-4-2-5-3-6-4/h4H,2H2,1H3. The summed E-state index contributed by atoms with van der Waals surface area (Å²) in [6.07, 6.45) is 0. The Bertz CT molecular complexity index is 61.9. The Morgan fingerprint density at radius 1 is 2.00 bits per heavy atom. The first-order chi connectivity index (χ1) is 2.89. The maximum absolute atomic E-state index is 3.88. The molecule has 33 valence electrons. The average Bonchev–Trinajstić information content (AvgIpc) is 1.86. The molecule has 0 saturated carbocycles. The van der Waals surface area contributed by atoms with Crippen LogP contribution in [0.25, 0.3) is 0 Å². The Morgan fingerprint density at radius 3 is 3.00 bits per heavy atom. The van der Waals surface area contributed by atoms with Gasteiger partial charge in [-0.2, -0.15) is 0 Å². The fourth-order valence-electron chi connectivity index (χ4n) is 0.330. The van der Waals surface area contributed by atoms with Gasteiger partial charge in [0.15, 0.2) is 0 Å². The van der Waals surface area contributed by atoms with E-state index >= 15 is 0 Å². The lowest BCUT2D eigenvalue weighted by Crippen LogP contribution is -1.91. The maximum atomic E-state index is 3.88. The smallest absolute Gasteiger partial charge is 0.123 e. The van der Waals surface area contributed by atoms with E-state index in [0.29, 0.717) is 5.25 Å². The van der Waals surface area contributed by atoms with E-state index in [1.807, 2.05) is 0 Å². The zero-order valence-electron chi connectivity index (χ0n) is 3.64. The van der Waals surface area contributed by atoms with Crippen LogP contribution in [0.4, 0.5) is 0 Å². The molecule has 1 unspecified atom stereocenters. The van der Waals surface area contributed by atoms with Crippen LogP contribution in [0, 0.1) is 0 Å². The minimum absolute atomic E-state index is 0.685. The van der Waals surface area contributed by atoms with Crippen LogP contribution in [0.5, 0.6) is 0 Å². The lowest BCUT2D eigenvalue weighted by molar-refractivity contribution is 0.978. The Hall–Kier alpha value is 0.0200. The van der Waals surface area contributed by atoms with Crippen LogP contribution in [0.15, 0.2) is 4.99 Å². The molecule has 1 aliphatic heterocycles. The summed E-state index contributed by atoms with van der Waals surface area (Å²) in [4.78, 5) is 3.88. The Morgan fingerprint density at radius 2 is 2.83 bits per heavy atom. The van der Waals surface area contributed by atoms with Crippen molar-refractivity contribution < 1.29 is 0 Å². The second-order valence-corrected chi connectivity index (χ2v) is 2.58. The normalized spacial score (nSPS) is 31.8. The molecule has 1 heterocycles. The largest absolute Gasteiger partial charge is 0.274 e. The van der Waals surface area contributed by atoms with Crippen molar-refractivity contribution in [3.05, 3.63) is 0 Å². The Labute approximate surface area is 41.8 Å². The zero-order valence-corrected chi connectivity index (χ0v) is 4.46. The minimum Gasteiger partial charge on any atom is -0.274 e. The van der Waals surface area contributed by atoms with Crippen LogP contribution >= 0.6 is 11.8 Å². The molecule has 0 aromatic carbocycles. The molecule has 0 fully saturated rings. The van der Waals surface area contributed by atoms with Crippen molar-refractivity contribution in [2.24, 2.45) is 4.99 Å². The summed E-state index contributed by atoms with van der Waals surface area (Å²) < 4.78 is 0. The van der Waals surface area contributed by atoms with Crippen molar-refractivity contribution in [3.63, 3.8) is 0 Å². The number of hydrogen-bond donors (Lipinski definition) is 0. The Balaban J connectivity index is 2.32. The molecule has 1 radical (unpaired) electrons. The van der Waals surface area contributed by atoms with E-state index in [-0.39, 0.29) is 0 Å². The van der Waals surface area contributed by atoms with Crippen LogP contribution in [0.2, 0.25) is 0 Å². The predicted molar refractivity (Wildman–Crippen MR) is 29.4 cm³/mol. The number of aliphatic imine (C=N–C) groups is 1. The van der Waals surface area contributed by atoms with Gasteiger partial charge in [-0.1, -0.05) is 18.7 Å². The molecule has 2 heteroatoms. The third-order valence-corrected chi connectivity index (χ3v) is 1.45. The summed E-state index contributed by atoms with van der Waals surface area (Å²) in [5, 5.41) is 0.685. The molecule has 0 aliphatic carbocycles. The van der Waals surface area contributed by atoms with Gasteiger partial charge in [-0.15, -0.1) is 0 Å². The van der Waals surface area contributed by atoms with E-state index in [1.165, 1.54) is 0 Å². The molecule has 6 heavy (non-hydrogen) atoms. The SMILES string of the molecule is CC1CN=[C]S1. The van der Waals surface area contributed by atoms with Gasteiger partial charge in [0.05, 0.1) is 6.54 Å². The van der Waals surface area contributed by atoms with Crippen molar-refractivity contribution in [3.8, 4) is 0 Å². The van der Waals surface area contributed by atoms with E-state index in [9.17, 15) is 0 Å². The molecule has 1 nitrogen and oxygen atoms in total. The van der Waals surface area contributed by atoms with Gasteiger partial charge in [0, 0.05) is 5.25 Å². The van der Waals surface area contributed by atoms with E-state index in [2.05, 4.69) is 17.5 Å². The quantitative estimate of drug-likeness (QED) is 0.443. The van der Waals surface area contributed by atoms with Crippen LogP contribution in [0.3, 0.4) is 0 Å². The van der Waals surface area contributed by atoms with Crippen LogP contribution in [-0.2, 0) is 0 Å². The topological polar surface area (TPSA) is 12.4 Å². The number of thioether (sulfide) groups is 1. The lowest BCUT2D eigenvalue weighted by Gasteiger charge is -1.89. The first kappa shape index (κ1) is 4.19. The summed E-state index contributed by atoms with van der Waals surface area (Å²) >= 11 is 1.68. The molecule has 0 aromatic heterocycles. The second-order valence-electron chi connectivity index (χ2n) is 1.36. The molecular weight excluding hydrogens is 94.1 g/mol. The summed E-state index contributed by atoms with van der Waals surface area (Å²) in [6.45, 7) is 3.11. The summed E-state index contributed by atoms with van der Waals surface area (Å²) in [6, 6.07) is 0. The van der Waals surface area contributed by atoms with Gasteiger partial charge in [-0.05, 0) is 0 Å². The zero-order chi connectivity index (χ0) is 4.41. The van der Waals surface area contributed by atoms with Gasteiger partial charge in [0.1, 0.15) is 5.55 Å². The molecule has 0 saturated heterocycles. The Kier molecular flexibility index (Phi) is 1.15. The maximum Gasteiger partial charge on any atom is 0.123 e. The molecule has 1 atom stereocenters. The highest BCUT2D eigenvalue weighted by molar-refractivity contribution is 8.12. The second kappa shape index (κ2) is 1.65. The van der Waals surface area contributed by atoms with Crippen molar-refractivity contribution in [2.75, 3.05) is 6.54 Å². The third kappa shape index (κ3) is 0.744. The molecule has 0 amide bonds. The van der Waals surface area contributed by atoms with Gasteiger partial charge in [0.2, 0.25) is 0 Å². The highest BCUT2D eigenvalue weighted by atomic mass is 32.2. The first-order valence-electron chi connectivity index (χ1n) is 1.97. The van der Waals surface area contributed by atoms with E-state index in [0.717, 1.165) is 6.54 Å². The monoisotopic (exact) mass is 100 g/mol. The third-order valence-electron chi connectivity index (χ3n) is 0.667. The van der Waals surface area contributed by atoms with E-state index in [4.69, 9.17) is 0 Å².